The molecule has 0 rings (SSSR count). The van der Waals surface area contributed by atoms with Crippen molar-refractivity contribution in [3.05, 3.63) is 24.3 Å². The quantitative estimate of drug-likeness (QED) is 0.706. The molecule has 0 aromatic carbocycles. The molecule has 0 heterocycles. The Bertz CT molecular complexity index is 430. The van der Waals surface area contributed by atoms with Crippen molar-refractivity contribution in [2.75, 3.05) is 20.6 Å². The molecule has 0 aliphatic heterocycles. The van der Waals surface area contributed by atoms with Gasteiger partial charge < -0.3 is 15.5 Å². The van der Waals surface area contributed by atoms with E-state index in [0.29, 0.717) is 6.42 Å². The fourth-order valence-corrected chi connectivity index (χ4v) is 1.67. The molecular formula is C17H31N3O2. The van der Waals surface area contributed by atoms with Crippen LogP contribution in [0, 0.1) is 0 Å². The number of carbonyl (C=O) groups excluding carboxylic acids is 2. The van der Waals surface area contributed by atoms with Crippen LogP contribution in [0.5, 0.6) is 0 Å². The molecule has 0 bridgehead atoms. The Morgan fingerprint density at radius 3 is 1.91 bits per heavy atom. The van der Waals surface area contributed by atoms with Gasteiger partial charge in [-0.1, -0.05) is 12.2 Å². The highest BCUT2D eigenvalue weighted by Gasteiger charge is 2.18. The zero-order chi connectivity index (χ0) is 17.4. The summed E-state index contributed by atoms with van der Waals surface area (Å²) >= 11 is 0. The fourth-order valence-electron chi connectivity index (χ4n) is 1.67. The van der Waals surface area contributed by atoms with E-state index in [1.54, 1.807) is 6.08 Å². The van der Waals surface area contributed by atoms with Crippen molar-refractivity contribution >= 4 is 11.8 Å². The van der Waals surface area contributed by atoms with Gasteiger partial charge in [-0.25, -0.2) is 0 Å². The molecule has 0 atom stereocenters. The SMILES string of the molecule is CN(C)C/C=C/C(=O)NC(C)(C)C/C=C/C(=O)NC(C)(C)C. The summed E-state index contributed by atoms with van der Waals surface area (Å²) in [5.74, 6) is -0.250. The first-order valence-electron chi connectivity index (χ1n) is 7.53. The van der Waals surface area contributed by atoms with Gasteiger partial charge in [0, 0.05) is 23.7 Å². The van der Waals surface area contributed by atoms with Crippen LogP contribution in [0.2, 0.25) is 0 Å². The Hall–Kier alpha value is -1.62. The molecule has 22 heavy (non-hydrogen) atoms. The van der Waals surface area contributed by atoms with Crippen LogP contribution in [-0.2, 0) is 9.59 Å². The maximum Gasteiger partial charge on any atom is 0.244 e. The summed E-state index contributed by atoms with van der Waals surface area (Å²) in [6, 6.07) is 0. The van der Waals surface area contributed by atoms with E-state index in [0.717, 1.165) is 6.54 Å². The molecule has 0 radical (unpaired) electrons. The van der Waals surface area contributed by atoms with Gasteiger partial charge in [-0.05, 0) is 61.2 Å². The van der Waals surface area contributed by atoms with Crippen molar-refractivity contribution < 1.29 is 9.59 Å². The number of carbonyl (C=O) groups is 2. The van der Waals surface area contributed by atoms with Crippen LogP contribution in [-0.4, -0.2) is 48.4 Å². The molecule has 0 aliphatic rings. The molecule has 0 saturated carbocycles. The maximum atomic E-state index is 11.8. The average Bonchev–Trinajstić information content (AvgIpc) is 2.24. The van der Waals surface area contributed by atoms with Gasteiger partial charge in [0.2, 0.25) is 11.8 Å². The first kappa shape index (κ1) is 20.4. The van der Waals surface area contributed by atoms with Gasteiger partial charge in [0.1, 0.15) is 0 Å². The molecule has 0 spiro atoms. The minimum absolute atomic E-state index is 0.125. The Labute approximate surface area is 134 Å². The molecule has 0 aliphatic carbocycles. The summed E-state index contributed by atoms with van der Waals surface area (Å²) in [5.41, 5.74) is -0.652. The minimum Gasteiger partial charge on any atom is -0.348 e. The van der Waals surface area contributed by atoms with Crippen LogP contribution in [0.4, 0.5) is 0 Å². The van der Waals surface area contributed by atoms with Gasteiger partial charge in [0.25, 0.3) is 0 Å². The molecule has 0 aromatic rings. The second-order valence-electron chi connectivity index (χ2n) is 7.38. The van der Waals surface area contributed by atoms with E-state index < -0.39 is 5.54 Å². The third-order valence-corrected chi connectivity index (χ3v) is 2.60. The maximum absolute atomic E-state index is 11.8. The van der Waals surface area contributed by atoms with Gasteiger partial charge in [0.05, 0.1) is 0 Å². The number of nitrogens with zero attached hydrogens (tertiary/aromatic N) is 1. The van der Waals surface area contributed by atoms with Gasteiger partial charge in [-0.3, -0.25) is 9.59 Å². The summed E-state index contributed by atoms with van der Waals surface area (Å²) in [5, 5.41) is 5.78. The topological polar surface area (TPSA) is 61.4 Å². The Balaban J connectivity index is 4.32. The van der Waals surface area contributed by atoms with E-state index in [1.165, 1.54) is 12.2 Å². The van der Waals surface area contributed by atoms with Gasteiger partial charge in [-0.2, -0.15) is 0 Å². The first-order chi connectivity index (χ1) is 9.91. The predicted octanol–water partition coefficient (Wildman–Crippen LogP) is 1.86. The highest BCUT2D eigenvalue weighted by molar-refractivity contribution is 5.88. The molecule has 0 saturated heterocycles. The number of likely N-dealkylation sites (N-methyl/N-ethyl adjacent to an activating group) is 1. The third kappa shape index (κ3) is 12.1. The summed E-state index contributed by atoms with van der Waals surface area (Å²) in [6.45, 7) is 10.4. The standard InChI is InChI=1S/C17H31N3O2/c1-16(2,3)18-14(21)10-8-12-17(4,5)19-15(22)11-9-13-20(6)7/h8-11H,12-13H2,1-7H3,(H,18,21)(H,19,22)/b10-8+,11-9+. The Morgan fingerprint density at radius 1 is 0.909 bits per heavy atom. The number of rotatable bonds is 7. The lowest BCUT2D eigenvalue weighted by molar-refractivity contribution is -0.118. The summed E-state index contributed by atoms with van der Waals surface area (Å²) in [7, 11) is 3.89. The summed E-state index contributed by atoms with van der Waals surface area (Å²) in [4.78, 5) is 25.5. The summed E-state index contributed by atoms with van der Waals surface area (Å²) in [6.07, 6.45) is 7.24. The molecule has 0 fully saturated rings. The van der Waals surface area contributed by atoms with E-state index in [1.807, 2.05) is 59.7 Å². The zero-order valence-corrected chi connectivity index (χ0v) is 15.0. The van der Waals surface area contributed by atoms with E-state index in [-0.39, 0.29) is 17.4 Å². The fraction of sp³-hybridized carbons (Fsp3) is 0.647. The van der Waals surface area contributed by atoms with Crippen molar-refractivity contribution in [3.63, 3.8) is 0 Å². The second kappa shape index (κ2) is 8.73. The highest BCUT2D eigenvalue weighted by Crippen LogP contribution is 2.09. The Kier molecular flexibility index (Phi) is 8.09. The van der Waals surface area contributed by atoms with E-state index in [4.69, 9.17) is 0 Å². The molecule has 0 aromatic heterocycles. The average molecular weight is 309 g/mol. The molecule has 0 unspecified atom stereocenters. The minimum atomic E-state index is -0.405. The first-order valence-corrected chi connectivity index (χ1v) is 7.53. The van der Waals surface area contributed by atoms with Crippen LogP contribution in [0.25, 0.3) is 0 Å². The molecular weight excluding hydrogens is 278 g/mol. The number of amides is 2. The van der Waals surface area contributed by atoms with Gasteiger partial charge in [0.15, 0.2) is 0 Å². The lowest BCUT2D eigenvalue weighted by Gasteiger charge is -2.24. The van der Waals surface area contributed by atoms with Crippen molar-refractivity contribution in [1.82, 2.24) is 15.5 Å². The zero-order valence-electron chi connectivity index (χ0n) is 15.0. The van der Waals surface area contributed by atoms with Crippen LogP contribution in [0.15, 0.2) is 24.3 Å². The lowest BCUT2D eigenvalue weighted by Crippen LogP contribution is -2.42. The van der Waals surface area contributed by atoms with Crippen molar-refractivity contribution in [1.29, 1.82) is 0 Å². The highest BCUT2D eigenvalue weighted by atomic mass is 16.2. The van der Waals surface area contributed by atoms with Crippen molar-refractivity contribution in [2.24, 2.45) is 0 Å². The van der Waals surface area contributed by atoms with Crippen molar-refractivity contribution in [2.45, 2.75) is 52.1 Å². The van der Waals surface area contributed by atoms with E-state index >= 15 is 0 Å². The molecule has 2 amide bonds. The molecule has 5 nitrogen and oxygen atoms in total. The van der Waals surface area contributed by atoms with Crippen LogP contribution >= 0.6 is 0 Å². The largest absolute Gasteiger partial charge is 0.348 e. The Morgan fingerprint density at radius 2 is 1.41 bits per heavy atom. The van der Waals surface area contributed by atoms with Gasteiger partial charge in [-0.15, -0.1) is 0 Å². The third-order valence-electron chi connectivity index (χ3n) is 2.60. The van der Waals surface area contributed by atoms with Crippen LogP contribution in [0.1, 0.15) is 41.0 Å². The monoisotopic (exact) mass is 309 g/mol. The summed E-state index contributed by atoms with van der Waals surface area (Å²) < 4.78 is 0. The molecule has 5 heteroatoms. The van der Waals surface area contributed by atoms with Crippen LogP contribution < -0.4 is 10.6 Å². The lowest BCUT2D eigenvalue weighted by atomic mass is 10.00. The van der Waals surface area contributed by atoms with Crippen LogP contribution in [0.3, 0.4) is 0 Å². The molecule has 2 N–H and O–H groups in total. The van der Waals surface area contributed by atoms with Crippen molar-refractivity contribution in [3.8, 4) is 0 Å². The van der Waals surface area contributed by atoms with Gasteiger partial charge >= 0.3 is 0 Å². The predicted molar refractivity (Wildman–Crippen MR) is 91.6 cm³/mol. The number of nitrogens with one attached hydrogen (secondary N) is 2. The number of hydrogen-bond acceptors (Lipinski definition) is 3. The molecule has 126 valence electrons. The second-order valence-corrected chi connectivity index (χ2v) is 7.38. The van der Waals surface area contributed by atoms with E-state index in [9.17, 15) is 9.59 Å². The normalized spacial score (nSPS) is 13.1. The number of hydrogen-bond donors (Lipinski definition) is 2. The smallest absolute Gasteiger partial charge is 0.244 e. The van der Waals surface area contributed by atoms with E-state index in [2.05, 4.69) is 10.6 Å².